The number of carbonyl (C=O) groups excluding carboxylic acids is 1. The smallest absolute Gasteiger partial charge is 0.241 e. The van der Waals surface area contributed by atoms with Crippen molar-refractivity contribution in [3.63, 3.8) is 0 Å². The highest BCUT2D eigenvalue weighted by molar-refractivity contribution is 7.98. The number of anilines is 2. The van der Waals surface area contributed by atoms with E-state index in [0.29, 0.717) is 12.1 Å². The molecule has 6 heteroatoms. The standard InChI is InChI=1S/C15H24N4OS/c1-21-10-7-13(16)15(20)18-12-5-6-14(17-11-12)19-8-3-2-4-9-19/h5-6,11,13H,2-4,7-10,16H2,1H3,(H,18,20)/t13-/m1/s1. The van der Waals surface area contributed by atoms with Crippen LogP contribution in [0.5, 0.6) is 0 Å². The highest BCUT2D eigenvalue weighted by Gasteiger charge is 2.14. The molecule has 5 nitrogen and oxygen atoms in total. The van der Waals surface area contributed by atoms with Crippen molar-refractivity contribution in [3.8, 4) is 0 Å². The normalized spacial score (nSPS) is 16.6. The number of rotatable bonds is 6. The number of nitrogens with one attached hydrogen (secondary N) is 1. The molecule has 0 aromatic carbocycles. The molecule has 0 spiro atoms. The number of amides is 1. The van der Waals surface area contributed by atoms with Gasteiger partial charge < -0.3 is 16.0 Å². The highest BCUT2D eigenvalue weighted by Crippen LogP contribution is 2.19. The molecule has 0 radical (unpaired) electrons. The van der Waals surface area contributed by atoms with Crippen LogP contribution >= 0.6 is 11.8 Å². The van der Waals surface area contributed by atoms with Crippen LogP contribution in [-0.4, -0.2) is 42.0 Å². The molecule has 1 amide bonds. The molecule has 1 fully saturated rings. The van der Waals surface area contributed by atoms with E-state index in [0.717, 1.165) is 24.7 Å². The maximum absolute atomic E-state index is 11.9. The molecule has 1 aromatic rings. The van der Waals surface area contributed by atoms with E-state index in [9.17, 15) is 4.79 Å². The minimum absolute atomic E-state index is 0.142. The van der Waals surface area contributed by atoms with Crippen molar-refractivity contribution in [2.24, 2.45) is 5.73 Å². The van der Waals surface area contributed by atoms with Gasteiger partial charge in [-0.25, -0.2) is 4.98 Å². The first-order chi connectivity index (χ1) is 10.2. The molecule has 0 saturated carbocycles. The number of nitrogens with two attached hydrogens (primary N) is 1. The van der Waals surface area contributed by atoms with Crippen molar-refractivity contribution < 1.29 is 4.79 Å². The van der Waals surface area contributed by atoms with Crippen molar-refractivity contribution >= 4 is 29.2 Å². The van der Waals surface area contributed by atoms with Gasteiger partial charge in [0, 0.05) is 13.1 Å². The molecule has 3 N–H and O–H groups in total. The van der Waals surface area contributed by atoms with Gasteiger partial charge in [0.2, 0.25) is 5.91 Å². The summed E-state index contributed by atoms with van der Waals surface area (Å²) in [6.07, 6.45) is 8.16. The summed E-state index contributed by atoms with van der Waals surface area (Å²) in [6, 6.07) is 3.41. The number of nitrogens with zero attached hydrogens (tertiary/aromatic N) is 2. The Hall–Kier alpha value is -1.27. The zero-order valence-electron chi connectivity index (χ0n) is 12.5. The lowest BCUT2D eigenvalue weighted by Gasteiger charge is -2.27. The average Bonchev–Trinajstić information content (AvgIpc) is 2.54. The van der Waals surface area contributed by atoms with E-state index in [4.69, 9.17) is 5.73 Å². The summed E-state index contributed by atoms with van der Waals surface area (Å²) in [6.45, 7) is 2.14. The number of hydrogen-bond donors (Lipinski definition) is 2. The zero-order valence-corrected chi connectivity index (χ0v) is 13.4. The van der Waals surface area contributed by atoms with Crippen molar-refractivity contribution in [1.29, 1.82) is 0 Å². The fourth-order valence-corrected chi connectivity index (χ4v) is 2.87. The van der Waals surface area contributed by atoms with Crippen LogP contribution < -0.4 is 16.0 Å². The second-order valence-electron chi connectivity index (χ2n) is 5.33. The van der Waals surface area contributed by atoms with Gasteiger partial charge in [-0.15, -0.1) is 0 Å². The topological polar surface area (TPSA) is 71.2 Å². The molecule has 1 atom stereocenters. The lowest BCUT2D eigenvalue weighted by atomic mass is 10.1. The minimum atomic E-state index is -0.459. The number of aromatic nitrogens is 1. The van der Waals surface area contributed by atoms with E-state index in [-0.39, 0.29) is 5.91 Å². The first-order valence-corrected chi connectivity index (χ1v) is 8.86. The van der Waals surface area contributed by atoms with E-state index in [1.165, 1.54) is 19.3 Å². The Morgan fingerprint density at radius 2 is 2.19 bits per heavy atom. The summed E-state index contributed by atoms with van der Waals surface area (Å²) in [5.74, 6) is 1.73. The van der Waals surface area contributed by atoms with Gasteiger partial charge in [-0.05, 0) is 49.8 Å². The van der Waals surface area contributed by atoms with Crippen LogP contribution in [0.15, 0.2) is 18.3 Å². The molecule has 116 valence electrons. The first-order valence-electron chi connectivity index (χ1n) is 7.47. The molecule has 0 aliphatic carbocycles. The molecule has 21 heavy (non-hydrogen) atoms. The van der Waals surface area contributed by atoms with Gasteiger partial charge in [-0.1, -0.05) is 0 Å². The second-order valence-corrected chi connectivity index (χ2v) is 6.32. The molecular formula is C15H24N4OS. The van der Waals surface area contributed by atoms with Crippen molar-refractivity contribution in [2.75, 3.05) is 35.3 Å². The SMILES string of the molecule is CSCC[C@@H](N)C(=O)Nc1ccc(N2CCCCC2)nc1. The molecular weight excluding hydrogens is 284 g/mol. The van der Waals surface area contributed by atoms with Gasteiger partial charge in [0.25, 0.3) is 0 Å². The number of thioether (sulfide) groups is 1. The number of carbonyl (C=O) groups is 1. The van der Waals surface area contributed by atoms with Gasteiger partial charge in [0.05, 0.1) is 17.9 Å². The van der Waals surface area contributed by atoms with Crippen LogP contribution in [0.2, 0.25) is 0 Å². The summed E-state index contributed by atoms with van der Waals surface area (Å²) >= 11 is 1.69. The van der Waals surface area contributed by atoms with E-state index >= 15 is 0 Å². The van der Waals surface area contributed by atoms with Crippen LogP contribution in [0.25, 0.3) is 0 Å². The number of pyridine rings is 1. The third-order valence-electron chi connectivity index (χ3n) is 3.67. The average molecular weight is 308 g/mol. The Morgan fingerprint density at radius 1 is 1.43 bits per heavy atom. The second kappa shape index (κ2) is 8.24. The van der Waals surface area contributed by atoms with Gasteiger partial charge in [-0.2, -0.15) is 11.8 Å². The molecule has 0 unspecified atom stereocenters. The first kappa shape index (κ1) is 16.1. The molecule has 1 aromatic heterocycles. The van der Waals surface area contributed by atoms with Crippen LogP contribution in [-0.2, 0) is 4.79 Å². The van der Waals surface area contributed by atoms with E-state index < -0.39 is 6.04 Å². The molecule has 2 heterocycles. The number of piperidine rings is 1. The minimum Gasteiger partial charge on any atom is -0.357 e. The van der Waals surface area contributed by atoms with E-state index in [1.807, 2.05) is 18.4 Å². The highest BCUT2D eigenvalue weighted by atomic mass is 32.2. The van der Waals surface area contributed by atoms with Crippen molar-refractivity contribution in [1.82, 2.24) is 4.98 Å². The van der Waals surface area contributed by atoms with Crippen LogP contribution in [0.4, 0.5) is 11.5 Å². The van der Waals surface area contributed by atoms with Gasteiger partial charge >= 0.3 is 0 Å². The molecule has 1 aliphatic rings. The Balaban J connectivity index is 1.88. The molecule has 0 bridgehead atoms. The third-order valence-corrected chi connectivity index (χ3v) is 4.31. The fourth-order valence-electron chi connectivity index (χ4n) is 2.38. The monoisotopic (exact) mass is 308 g/mol. The molecule has 1 aliphatic heterocycles. The van der Waals surface area contributed by atoms with Crippen LogP contribution in [0, 0.1) is 0 Å². The van der Waals surface area contributed by atoms with Gasteiger partial charge in [0.1, 0.15) is 5.82 Å². The predicted molar refractivity (Wildman–Crippen MR) is 89.9 cm³/mol. The lowest BCUT2D eigenvalue weighted by Crippen LogP contribution is -2.36. The summed E-state index contributed by atoms with van der Waals surface area (Å²) < 4.78 is 0. The summed E-state index contributed by atoms with van der Waals surface area (Å²) in [5, 5.41) is 2.83. The summed E-state index contributed by atoms with van der Waals surface area (Å²) in [5.41, 5.74) is 6.55. The Kier molecular flexibility index (Phi) is 6.32. The van der Waals surface area contributed by atoms with Gasteiger partial charge in [-0.3, -0.25) is 4.79 Å². The third kappa shape index (κ3) is 4.89. The summed E-state index contributed by atoms with van der Waals surface area (Å²) in [7, 11) is 0. The maximum Gasteiger partial charge on any atom is 0.241 e. The molecule has 2 rings (SSSR count). The number of hydrogen-bond acceptors (Lipinski definition) is 5. The maximum atomic E-state index is 11.9. The quantitative estimate of drug-likeness (QED) is 0.842. The van der Waals surface area contributed by atoms with Crippen LogP contribution in [0.3, 0.4) is 0 Å². The Labute approximate surface area is 130 Å². The fraction of sp³-hybridized carbons (Fsp3) is 0.600. The van der Waals surface area contributed by atoms with Crippen molar-refractivity contribution in [3.05, 3.63) is 18.3 Å². The van der Waals surface area contributed by atoms with Crippen LogP contribution in [0.1, 0.15) is 25.7 Å². The predicted octanol–water partition coefficient (Wildman–Crippen LogP) is 2.09. The van der Waals surface area contributed by atoms with Gasteiger partial charge in [0.15, 0.2) is 0 Å². The Morgan fingerprint density at radius 3 is 2.81 bits per heavy atom. The zero-order chi connectivity index (χ0) is 15.1. The molecule has 1 saturated heterocycles. The summed E-state index contributed by atoms with van der Waals surface area (Å²) in [4.78, 5) is 18.7. The Bertz CT molecular complexity index is 445. The van der Waals surface area contributed by atoms with Crippen molar-refractivity contribution in [2.45, 2.75) is 31.7 Å². The largest absolute Gasteiger partial charge is 0.357 e. The van der Waals surface area contributed by atoms with E-state index in [1.54, 1.807) is 18.0 Å². The van der Waals surface area contributed by atoms with E-state index in [2.05, 4.69) is 15.2 Å². The lowest BCUT2D eigenvalue weighted by molar-refractivity contribution is -0.117.